The highest BCUT2D eigenvalue weighted by Crippen LogP contribution is 2.19. The lowest BCUT2D eigenvalue weighted by Crippen LogP contribution is -1.98. The highest BCUT2D eigenvalue weighted by molar-refractivity contribution is 5.63. The van der Waals surface area contributed by atoms with E-state index in [0.717, 1.165) is 16.8 Å². The molecule has 1 aromatic carbocycles. The van der Waals surface area contributed by atoms with Crippen molar-refractivity contribution in [3.05, 3.63) is 47.2 Å². The molecule has 1 N–H and O–H groups in total. The van der Waals surface area contributed by atoms with Crippen LogP contribution in [0.25, 0.3) is 0 Å². The number of hydrogen-bond acceptors (Lipinski definition) is 4. The summed E-state index contributed by atoms with van der Waals surface area (Å²) in [6.45, 7) is 4.06. The topological polar surface area (TPSA) is 61.6 Å². The molecule has 0 aliphatic heterocycles. The Balaban J connectivity index is 2.35. The van der Waals surface area contributed by atoms with Crippen molar-refractivity contribution in [1.82, 2.24) is 10.2 Å². The van der Waals surface area contributed by atoms with Crippen LogP contribution in [0.2, 0.25) is 0 Å². The molecule has 1 aromatic heterocycles. The van der Waals surface area contributed by atoms with Gasteiger partial charge in [-0.1, -0.05) is 6.07 Å². The summed E-state index contributed by atoms with van der Waals surface area (Å²) in [7, 11) is 0. The fraction of sp³-hybridized carbons (Fsp3) is 0.154. The Labute approximate surface area is 99.9 Å². The number of aromatic nitrogens is 2. The first-order chi connectivity index (χ1) is 8.19. The maximum absolute atomic E-state index is 8.95. The van der Waals surface area contributed by atoms with Crippen LogP contribution in [0.5, 0.6) is 0 Å². The van der Waals surface area contributed by atoms with E-state index in [1.165, 1.54) is 6.20 Å². The Kier molecular flexibility index (Phi) is 3.01. The van der Waals surface area contributed by atoms with Crippen molar-refractivity contribution in [2.45, 2.75) is 13.8 Å². The number of nitriles is 1. The third kappa shape index (κ3) is 2.58. The molecule has 0 bridgehead atoms. The number of rotatable bonds is 2. The van der Waals surface area contributed by atoms with Crippen molar-refractivity contribution in [1.29, 1.82) is 5.26 Å². The third-order valence-electron chi connectivity index (χ3n) is 2.33. The first-order valence-corrected chi connectivity index (χ1v) is 5.26. The predicted molar refractivity (Wildman–Crippen MR) is 65.9 cm³/mol. The first kappa shape index (κ1) is 11.1. The lowest BCUT2D eigenvalue weighted by Gasteiger charge is -2.08. The molecule has 0 atom stereocenters. The molecule has 4 nitrogen and oxygen atoms in total. The first-order valence-electron chi connectivity index (χ1n) is 5.26. The average Bonchev–Trinajstić information content (AvgIpc) is 2.28. The van der Waals surface area contributed by atoms with E-state index in [1.54, 1.807) is 6.07 Å². The number of aryl methyl sites for hydroxylation is 2. The van der Waals surface area contributed by atoms with E-state index in [4.69, 9.17) is 5.26 Å². The zero-order valence-corrected chi connectivity index (χ0v) is 9.73. The van der Waals surface area contributed by atoms with Gasteiger partial charge in [-0.15, -0.1) is 5.10 Å². The minimum atomic E-state index is 0.485. The average molecular weight is 224 g/mol. The van der Waals surface area contributed by atoms with Crippen molar-refractivity contribution < 1.29 is 0 Å². The Hall–Kier alpha value is -2.41. The molecule has 0 radical (unpaired) electrons. The van der Waals surface area contributed by atoms with Gasteiger partial charge in [0.25, 0.3) is 0 Å². The van der Waals surface area contributed by atoms with E-state index in [0.29, 0.717) is 11.4 Å². The lowest BCUT2D eigenvalue weighted by molar-refractivity contribution is 1.03. The van der Waals surface area contributed by atoms with Gasteiger partial charge >= 0.3 is 0 Å². The predicted octanol–water partition coefficient (Wildman–Crippen LogP) is 2.71. The molecule has 17 heavy (non-hydrogen) atoms. The van der Waals surface area contributed by atoms with Crippen LogP contribution < -0.4 is 5.32 Å². The van der Waals surface area contributed by atoms with E-state index < -0.39 is 0 Å². The van der Waals surface area contributed by atoms with Crippen LogP contribution in [-0.2, 0) is 0 Å². The molecular weight excluding hydrogens is 212 g/mol. The molecule has 0 saturated carbocycles. The number of nitrogens with zero attached hydrogens (tertiary/aromatic N) is 3. The fourth-order valence-electron chi connectivity index (χ4n) is 1.70. The Morgan fingerprint density at radius 3 is 2.53 bits per heavy atom. The highest BCUT2D eigenvalue weighted by atomic mass is 15.2. The Morgan fingerprint density at radius 2 is 1.88 bits per heavy atom. The monoisotopic (exact) mass is 224 g/mol. The molecule has 0 fully saturated rings. The van der Waals surface area contributed by atoms with Crippen molar-refractivity contribution in [2.24, 2.45) is 0 Å². The van der Waals surface area contributed by atoms with Crippen LogP contribution in [-0.4, -0.2) is 10.2 Å². The van der Waals surface area contributed by atoms with E-state index >= 15 is 0 Å². The van der Waals surface area contributed by atoms with Gasteiger partial charge in [0.15, 0.2) is 5.82 Å². The summed E-state index contributed by atoms with van der Waals surface area (Å²) in [6.07, 6.45) is 1.51. The Morgan fingerprint density at radius 1 is 1.18 bits per heavy atom. The summed E-state index contributed by atoms with van der Waals surface area (Å²) in [4.78, 5) is 0. The van der Waals surface area contributed by atoms with Gasteiger partial charge in [-0.2, -0.15) is 10.4 Å². The zero-order chi connectivity index (χ0) is 12.3. The third-order valence-corrected chi connectivity index (χ3v) is 2.33. The number of anilines is 2. The molecule has 0 aliphatic carbocycles. The van der Waals surface area contributed by atoms with Gasteiger partial charge in [0.1, 0.15) is 6.07 Å². The largest absolute Gasteiger partial charge is 0.338 e. The fourth-order valence-corrected chi connectivity index (χ4v) is 1.70. The maximum Gasteiger partial charge on any atom is 0.171 e. The zero-order valence-electron chi connectivity index (χ0n) is 9.73. The molecule has 84 valence electrons. The minimum Gasteiger partial charge on any atom is -0.338 e. The van der Waals surface area contributed by atoms with Crippen LogP contribution in [0.15, 0.2) is 30.5 Å². The molecule has 0 spiro atoms. The molecule has 2 aromatic rings. The molecule has 0 aliphatic rings. The number of hydrogen-bond donors (Lipinski definition) is 1. The normalized spacial score (nSPS) is 9.71. The molecule has 0 unspecified atom stereocenters. The summed E-state index contributed by atoms with van der Waals surface area (Å²) in [5, 5.41) is 19.7. The van der Waals surface area contributed by atoms with Gasteiger partial charge in [0.2, 0.25) is 0 Å². The second kappa shape index (κ2) is 4.62. The van der Waals surface area contributed by atoms with Crippen LogP contribution >= 0.6 is 0 Å². The summed E-state index contributed by atoms with van der Waals surface area (Å²) in [6, 6.07) is 9.81. The van der Waals surface area contributed by atoms with Gasteiger partial charge in [-0.25, -0.2) is 0 Å². The van der Waals surface area contributed by atoms with Gasteiger partial charge in [-0.3, -0.25) is 0 Å². The second-order valence-corrected chi connectivity index (χ2v) is 3.91. The summed E-state index contributed by atoms with van der Waals surface area (Å²) < 4.78 is 0. The van der Waals surface area contributed by atoms with Gasteiger partial charge in [-0.05, 0) is 43.2 Å². The molecular formula is C13H12N4. The summed E-state index contributed by atoms with van der Waals surface area (Å²) >= 11 is 0. The van der Waals surface area contributed by atoms with Gasteiger partial charge in [0, 0.05) is 5.69 Å². The van der Waals surface area contributed by atoms with E-state index in [2.05, 4.69) is 27.6 Å². The quantitative estimate of drug-likeness (QED) is 0.851. The SMILES string of the molecule is Cc1cc(C)cc(Nc2nnccc2C#N)c1. The smallest absolute Gasteiger partial charge is 0.171 e. The van der Waals surface area contributed by atoms with Gasteiger partial charge in [0.05, 0.1) is 11.8 Å². The lowest BCUT2D eigenvalue weighted by atomic mass is 10.1. The van der Waals surface area contributed by atoms with Gasteiger partial charge < -0.3 is 5.32 Å². The standard InChI is InChI=1S/C13H12N4/c1-9-5-10(2)7-12(6-9)16-13-11(8-14)3-4-15-17-13/h3-7H,1-2H3,(H,16,17). The summed E-state index contributed by atoms with van der Waals surface area (Å²) in [5.41, 5.74) is 3.73. The van der Waals surface area contributed by atoms with Crippen LogP contribution in [0.1, 0.15) is 16.7 Å². The minimum absolute atomic E-state index is 0.485. The van der Waals surface area contributed by atoms with Crippen molar-refractivity contribution in [2.75, 3.05) is 5.32 Å². The molecule has 4 heteroatoms. The van der Waals surface area contributed by atoms with Crippen molar-refractivity contribution in [3.63, 3.8) is 0 Å². The van der Waals surface area contributed by atoms with Crippen molar-refractivity contribution >= 4 is 11.5 Å². The van der Waals surface area contributed by atoms with Crippen LogP contribution in [0, 0.1) is 25.2 Å². The molecule has 0 amide bonds. The van der Waals surface area contributed by atoms with Crippen molar-refractivity contribution in [3.8, 4) is 6.07 Å². The Bertz CT molecular complexity index is 564. The highest BCUT2D eigenvalue weighted by Gasteiger charge is 2.04. The summed E-state index contributed by atoms with van der Waals surface area (Å²) in [5.74, 6) is 0.486. The van der Waals surface area contributed by atoms with E-state index in [1.807, 2.05) is 26.0 Å². The molecule has 1 heterocycles. The van der Waals surface area contributed by atoms with Crippen LogP contribution in [0.4, 0.5) is 11.5 Å². The van der Waals surface area contributed by atoms with E-state index in [9.17, 15) is 0 Å². The molecule has 0 saturated heterocycles. The van der Waals surface area contributed by atoms with E-state index in [-0.39, 0.29) is 0 Å². The number of nitrogens with one attached hydrogen (secondary N) is 1. The number of benzene rings is 1. The van der Waals surface area contributed by atoms with Crippen LogP contribution in [0.3, 0.4) is 0 Å². The molecule has 2 rings (SSSR count). The maximum atomic E-state index is 8.95. The second-order valence-electron chi connectivity index (χ2n) is 3.91.